The number of aromatic nitrogens is 4. The molecule has 0 radical (unpaired) electrons. The molecule has 3 aromatic heterocycles. The first-order valence-electron chi connectivity index (χ1n) is 55.6. The molecule has 0 saturated carbocycles. The van der Waals surface area contributed by atoms with Gasteiger partial charge >= 0.3 is 0 Å². The molecule has 16 aromatic rings. The van der Waals surface area contributed by atoms with E-state index in [-0.39, 0.29) is 60.7 Å². The Morgan fingerprint density at radius 2 is 1.06 bits per heavy atom. The normalized spacial score (nSPS) is 21.3. The van der Waals surface area contributed by atoms with Crippen molar-refractivity contribution in [3.63, 3.8) is 0 Å². The molecule has 5 nitrogen and oxygen atoms in total. The second kappa shape index (κ2) is 25.4. The number of ether oxygens (including phenoxy) is 1. The Labute approximate surface area is 668 Å². The minimum Gasteiger partial charge on any atom is -0.510 e. The molecule has 99 heavy (non-hydrogen) atoms. The fourth-order valence-corrected chi connectivity index (χ4v) is 15.9. The number of aryl methyl sites for hydroxylation is 1. The van der Waals surface area contributed by atoms with E-state index < -0.39 is 382 Å². The smallest absolute Gasteiger partial charge is 0.268 e. The third kappa shape index (κ3) is 11.1. The third-order valence-corrected chi connectivity index (χ3v) is 20.6. The van der Waals surface area contributed by atoms with Gasteiger partial charge in [-0.3, -0.25) is 4.57 Å². The van der Waals surface area contributed by atoms with Crippen molar-refractivity contribution in [2.45, 2.75) is 51.5 Å². The molecule has 0 unspecified atom stereocenters. The van der Waals surface area contributed by atoms with Crippen LogP contribution in [0.4, 0.5) is 0 Å². The van der Waals surface area contributed by atoms with Gasteiger partial charge in [0.15, 0.2) is 8.07 Å². The Morgan fingerprint density at radius 3 is 1.72 bits per heavy atom. The first-order chi connectivity index (χ1) is 69.5. The largest absolute Gasteiger partial charge is 0.510 e. The van der Waals surface area contributed by atoms with Gasteiger partial charge in [-0.1, -0.05) is 287 Å². The summed E-state index contributed by atoms with van der Waals surface area (Å²) in [5.74, 6) is -0.645. The number of nitrogens with zero attached hydrogens (tertiary/aromatic N) is 4. The first-order valence-corrected chi connectivity index (χ1v) is 31.6. The minimum atomic E-state index is -7.04. The Morgan fingerprint density at radius 1 is 0.475 bits per heavy atom. The number of fused-ring (bicyclic) bond motifs is 5. The second-order valence-corrected chi connectivity index (χ2v) is 25.9. The van der Waals surface area contributed by atoms with E-state index in [4.69, 9.17) is 33.5 Å². The number of hydrogen-bond acceptors (Lipinski definition) is 2. The summed E-state index contributed by atoms with van der Waals surface area (Å²) in [6, 6.07) is -21.3. The topological polar surface area (TPSA) is 35.9 Å². The van der Waals surface area contributed by atoms with Crippen LogP contribution in [0.5, 0.6) is 11.5 Å². The van der Waals surface area contributed by atoms with Crippen LogP contribution in [0.25, 0.3) is 106 Å². The molecule has 1 aliphatic carbocycles. The maximum Gasteiger partial charge on any atom is 0.268 e. The van der Waals surface area contributed by atoms with Crippen molar-refractivity contribution in [1.82, 2.24) is 14.1 Å². The molecule has 3 heterocycles. The predicted molar refractivity (Wildman–Crippen MR) is 406 cm³/mol. The van der Waals surface area contributed by atoms with Gasteiger partial charge in [-0.25, -0.2) is 4.98 Å². The summed E-state index contributed by atoms with van der Waals surface area (Å²) in [4.78, 5) is 4.64. The molecular weight excluding hydrogens is 1400 g/mol. The molecule has 0 fully saturated rings. The van der Waals surface area contributed by atoms with E-state index in [1.807, 2.05) is 0 Å². The van der Waals surface area contributed by atoms with E-state index in [9.17, 15) is 42.5 Å². The SMILES string of the molecule is [2H]c1c([2H])c([2H])c(-c2cc(-c3c([2H])c([2H])c4c(c3[2H])C(C([2H])([2H])[2H])(C([2H])([2H])[2H])CC4(C([2H])([2H])[2H])C([2H])([2H])[2H])c(-[n+]3[c-]n(-c4[c-]c(Oc5[c-]c6c(cc5)c5ccccc5n6-c5cc(C([2H])([2H])[2H])c(-c6c([2H])c([2H])c([2H])c([2H])c6[2H])cn5)ccc4)c4cc(-c5c([2H])c([2H])c([2H])c([2H])c5[2H])ccc43)c(-c3c([2H])c([2H])c([2H])c([Si](c4c([2H])c([2H])c([2H])c([2H])c4[2H])(c4c([2H])c([2H])c([2H])c([2H])c4[2H])c4c([2H])c([2H])c([2H])c([2H])c4[2H])c3[2H])c2)c([2H])c1[2H].[Pt]. The van der Waals surface area contributed by atoms with Gasteiger partial charge in [0.05, 0.1) is 67.4 Å². The zero-order chi connectivity index (χ0) is 111. The van der Waals surface area contributed by atoms with Crippen molar-refractivity contribution in [2.24, 2.45) is 0 Å². The summed E-state index contributed by atoms with van der Waals surface area (Å²) in [5, 5.41) is -4.82. The summed E-state index contributed by atoms with van der Waals surface area (Å²) >= 11 is 0. The van der Waals surface area contributed by atoms with Gasteiger partial charge in [-0.05, 0) is 153 Å². The summed E-state index contributed by atoms with van der Waals surface area (Å²) in [6.45, 7) is -20.0. The molecule has 0 saturated heterocycles. The number of pyridine rings is 1. The molecule has 0 aliphatic heterocycles. The second-order valence-electron chi connectivity index (χ2n) is 22.4. The Hall–Kier alpha value is -11.0. The quantitative estimate of drug-likeness (QED) is 0.0471. The van der Waals surface area contributed by atoms with Crippen LogP contribution in [0, 0.1) is 25.3 Å². The van der Waals surface area contributed by atoms with Gasteiger partial charge in [-0.15, -0.1) is 29.7 Å². The summed E-state index contributed by atoms with van der Waals surface area (Å²) in [7, 11) is -7.04. The summed E-state index contributed by atoms with van der Waals surface area (Å²) < 4.78 is 501. The molecule has 7 heteroatoms. The zero-order valence-electron chi connectivity index (χ0n) is 102. The average molecular weight is 1520 g/mol. The van der Waals surface area contributed by atoms with Crippen LogP contribution in [0.1, 0.15) is 122 Å². The van der Waals surface area contributed by atoms with Crippen LogP contribution in [0.15, 0.2) is 321 Å². The van der Waals surface area contributed by atoms with Crippen molar-refractivity contribution in [2.75, 3.05) is 0 Å². The van der Waals surface area contributed by atoms with Crippen LogP contribution in [0.2, 0.25) is 0 Å². The van der Waals surface area contributed by atoms with E-state index in [1.165, 1.54) is 28.8 Å². The number of hydrogen-bond donors (Lipinski definition) is 0. The molecule has 17 rings (SSSR count). The fourth-order valence-electron chi connectivity index (χ4n) is 12.3. The Balaban J connectivity index is 0.0000162. The van der Waals surface area contributed by atoms with E-state index in [2.05, 4.69) is 23.4 Å². The molecule has 13 aromatic carbocycles. The van der Waals surface area contributed by atoms with Gasteiger partial charge < -0.3 is 13.9 Å². The minimum absolute atomic E-state index is 0. The van der Waals surface area contributed by atoms with E-state index in [1.54, 1.807) is 30.3 Å². The van der Waals surface area contributed by atoms with Gasteiger partial charge in [0.2, 0.25) is 0 Å². The van der Waals surface area contributed by atoms with Crippen LogP contribution in [0.3, 0.4) is 0 Å². The molecule has 0 bridgehead atoms. The molecule has 480 valence electrons. The van der Waals surface area contributed by atoms with Crippen molar-refractivity contribution < 1.29 is 102 Å². The number of para-hydroxylation sites is 1. The monoisotopic (exact) mass is 1520 g/mol. The summed E-state index contributed by atoms with van der Waals surface area (Å²) in [6.07, 6.45) is 2.04. The first kappa shape index (κ1) is 27.7. The van der Waals surface area contributed by atoms with Crippen LogP contribution >= 0.6 is 0 Å². The van der Waals surface area contributed by atoms with Gasteiger partial charge in [-0.2, -0.15) is 18.2 Å². The van der Waals surface area contributed by atoms with Gasteiger partial charge in [0.1, 0.15) is 5.82 Å². The standard InChI is InChI=1S/C92H70N4OSi.Pt/c1-63-52-89(93-60-82(63)66-32-16-8-17-33-66)96-85-45-25-24-44-78(85)79-49-48-73(59-87(79)96)97-72-36-27-35-71(58-72)94-62-95(86-51-47-67(57-88(86)94)64-28-12-6-13-29-64)90-80(54-70(65-30-14-7-15-31-65)55-81(90)69-46-50-83-84(56-69)92(4,5)61-91(83,2)3)68-34-26-43-77(53-68)98(74-37-18-9-19-38-74,75-39-20-10-21-40-75)76-41-22-11-23-42-76;/h6-57,60H,61H2,1-5H3;/q-2;/i1D3,2D3,3D3,4D3,5D3,6D,7D,8D,9D,10D,11D,12D,13D,14D,15D,16D,17D,18D,19D,20D,21D,22D,23D,26D,28D,29D,30D,31D,32D,33D,34D,37D,38D,39D,40D,41D,42D,43D,46D,50D,53D,56D;. The summed E-state index contributed by atoms with van der Waals surface area (Å²) in [5.41, 5.74) is -22.2. The maximum atomic E-state index is 11.4. The van der Waals surface area contributed by atoms with Crippen molar-refractivity contribution in [3.05, 3.63) is 356 Å². The average Bonchev–Trinajstić information content (AvgIpc) is 1.48. The van der Waals surface area contributed by atoms with E-state index in [0.717, 1.165) is 45.7 Å². The maximum absolute atomic E-state index is 11.4. The third-order valence-electron chi connectivity index (χ3n) is 16.6. The number of benzene rings is 13. The van der Waals surface area contributed by atoms with Gasteiger partial charge in [0.25, 0.3) is 6.33 Å². The van der Waals surface area contributed by atoms with Crippen LogP contribution in [-0.2, 0) is 31.9 Å². The van der Waals surface area contributed by atoms with Gasteiger partial charge in [0, 0.05) is 70.4 Å². The molecule has 0 amide bonds. The molecule has 0 N–H and O–H groups in total. The molecular formula is C92H70N4OPtSi-2. The molecule has 1 aliphatic rings. The van der Waals surface area contributed by atoms with Crippen molar-refractivity contribution in [1.29, 1.82) is 0 Å². The van der Waals surface area contributed by atoms with E-state index >= 15 is 0 Å². The Kier molecular flexibility index (Phi) is 7.12. The molecule has 0 spiro atoms. The van der Waals surface area contributed by atoms with Crippen molar-refractivity contribution in [3.8, 4) is 84.3 Å². The number of rotatable bonds is 14. The van der Waals surface area contributed by atoms with Crippen molar-refractivity contribution >= 4 is 61.7 Å². The number of imidazole rings is 1. The van der Waals surface area contributed by atoms with Crippen LogP contribution in [-0.4, -0.2) is 22.2 Å². The van der Waals surface area contributed by atoms with Crippen LogP contribution < -0.4 is 30.1 Å². The zero-order valence-corrected chi connectivity index (χ0v) is 53.7. The molecule has 0 atom stereocenters. The fraction of sp³-hybridized carbons (Fsp3) is 0.0870. The Bertz CT molecular complexity index is 8300. The predicted octanol–water partition coefficient (Wildman–Crippen LogP) is 19.6. The van der Waals surface area contributed by atoms with E-state index in [0.29, 0.717) is 22.4 Å².